The minimum Gasteiger partial charge on any atom is -0.296 e. The van der Waals surface area contributed by atoms with Gasteiger partial charge in [0.2, 0.25) is 5.92 Å². The van der Waals surface area contributed by atoms with E-state index >= 15 is 0 Å². The average molecular weight is 485 g/mol. The molecule has 0 unspecified atom stereocenters. The molecule has 35 heavy (non-hydrogen) atoms. The lowest BCUT2D eigenvalue weighted by Crippen LogP contribution is -2.59. The number of aliphatic imine (C=N–C) groups is 1. The number of piperidine rings is 1. The first-order valence-corrected chi connectivity index (χ1v) is 12.4. The number of nitrogens with zero attached hydrogens (tertiary/aromatic N) is 3. The van der Waals surface area contributed by atoms with Gasteiger partial charge in [0.15, 0.2) is 0 Å². The average Bonchev–Trinajstić information content (AvgIpc) is 3.08. The van der Waals surface area contributed by atoms with Crippen LogP contribution in [0.2, 0.25) is 0 Å². The Balaban J connectivity index is 1.46. The van der Waals surface area contributed by atoms with Crippen LogP contribution in [0.3, 0.4) is 0 Å². The van der Waals surface area contributed by atoms with Gasteiger partial charge in [0.1, 0.15) is 17.2 Å². The van der Waals surface area contributed by atoms with Gasteiger partial charge >= 0.3 is 6.03 Å². The number of rotatable bonds is 4. The van der Waals surface area contributed by atoms with E-state index in [1.807, 2.05) is 18.2 Å². The van der Waals surface area contributed by atoms with Crippen molar-refractivity contribution in [2.45, 2.75) is 75.5 Å². The van der Waals surface area contributed by atoms with Crippen molar-refractivity contribution >= 4 is 17.6 Å². The fraction of sp³-hybridized carbons (Fsp3) is 0.481. The number of anilines is 1. The van der Waals surface area contributed by atoms with Crippen molar-refractivity contribution in [3.63, 3.8) is 0 Å². The Morgan fingerprint density at radius 1 is 1.06 bits per heavy atom. The monoisotopic (exact) mass is 484 g/mol. The first-order valence-electron chi connectivity index (χ1n) is 12.4. The van der Waals surface area contributed by atoms with E-state index in [9.17, 15) is 18.0 Å². The maximum Gasteiger partial charge on any atom is 0.328 e. The molecule has 8 heteroatoms. The zero-order valence-corrected chi connectivity index (χ0v) is 19.9. The predicted octanol–water partition coefficient (Wildman–Crippen LogP) is 5.76. The standard InChI is InChI=1S/C27H31F3N4O/c1-19-17-26(14-15-33(19)18-20-6-3-2-4-7-20)24(31-22-10-12-27(29,30)13-11-22)32-25(35)34(26)23-9-5-8-21(28)16-23/h2-9,16,19,22H,10-15,17-18H2,1H3,(H,31,32,35)/t19-,26+/m1/s1. The third-order valence-electron chi connectivity index (χ3n) is 7.66. The van der Waals surface area contributed by atoms with Gasteiger partial charge in [-0.15, -0.1) is 0 Å². The fourth-order valence-electron chi connectivity index (χ4n) is 5.78. The second kappa shape index (κ2) is 9.30. The molecule has 1 saturated carbocycles. The van der Waals surface area contributed by atoms with Crippen LogP contribution < -0.4 is 10.2 Å². The summed E-state index contributed by atoms with van der Waals surface area (Å²) in [5.41, 5.74) is 0.929. The zero-order valence-electron chi connectivity index (χ0n) is 19.9. The number of likely N-dealkylation sites (tertiary alicyclic amines) is 1. The number of urea groups is 1. The second-order valence-electron chi connectivity index (χ2n) is 10.1. The Labute approximate surface area is 204 Å². The molecule has 2 heterocycles. The molecule has 3 fully saturated rings. The van der Waals surface area contributed by atoms with Gasteiger partial charge in [-0.05, 0) is 56.4 Å². The Bertz CT molecular complexity index is 1100. The molecule has 1 aliphatic carbocycles. The number of hydrogen-bond acceptors (Lipinski definition) is 3. The van der Waals surface area contributed by atoms with E-state index in [0.29, 0.717) is 24.4 Å². The van der Waals surface area contributed by atoms with Gasteiger partial charge in [-0.25, -0.2) is 18.0 Å². The highest BCUT2D eigenvalue weighted by Crippen LogP contribution is 2.42. The van der Waals surface area contributed by atoms with E-state index in [1.54, 1.807) is 17.0 Å². The number of carbonyl (C=O) groups excluding carboxylic acids is 1. The highest BCUT2D eigenvalue weighted by Gasteiger charge is 2.55. The summed E-state index contributed by atoms with van der Waals surface area (Å²) in [4.78, 5) is 22.2. The molecule has 1 N–H and O–H groups in total. The molecule has 2 aromatic rings. The molecule has 5 rings (SSSR count). The summed E-state index contributed by atoms with van der Waals surface area (Å²) in [6.45, 7) is 3.65. The maximum atomic E-state index is 14.2. The maximum absolute atomic E-state index is 14.2. The molecule has 2 aromatic carbocycles. The third kappa shape index (κ3) is 4.81. The quantitative estimate of drug-likeness (QED) is 0.600. The minimum atomic E-state index is -2.64. The fourth-order valence-corrected chi connectivity index (χ4v) is 5.78. The van der Waals surface area contributed by atoms with Crippen LogP contribution in [0.5, 0.6) is 0 Å². The van der Waals surface area contributed by atoms with E-state index < -0.39 is 17.3 Å². The summed E-state index contributed by atoms with van der Waals surface area (Å²) in [6, 6.07) is 15.8. The van der Waals surface area contributed by atoms with Crippen molar-refractivity contribution in [2.75, 3.05) is 11.4 Å². The number of carbonyl (C=O) groups is 1. The Morgan fingerprint density at radius 3 is 2.49 bits per heavy atom. The minimum absolute atomic E-state index is 0.119. The van der Waals surface area contributed by atoms with E-state index in [-0.39, 0.29) is 43.8 Å². The van der Waals surface area contributed by atoms with Gasteiger partial charge in [-0.3, -0.25) is 20.1 Å². The van der Waals surface area contributed by atoms with Crippen LogP contribution in [0.25, 0.3) is 0 Å². The van der Waals surface area contributed by atoms with Crippen LogP contribution in [0.4, 0.5) is 23.7 Å². The van der Waals surface area contributed by atoms with E-state index in [2.05, 4.69) is 29.3 Å². The number of alkyl halides is 2. The van der Waals surface area contributed by atoms with Gasteiger partial charge in [0.05, 0.1) is 6.04 Å². The molecule has 0 aromatic heterocycles. The second-order valence-corrected chi connectivity index (χ2v) is 10.1. The summed E-state index contributed by atoms with van der Waals surface area (Å²) >= 11 is 0. The molecule has 1 spiro atoms. The first-order chi connectivity index (χ1) is 16.8. The van der Waals surface area contributed by atoms with Crippen molar-refractivity contribution in [1.82, 2.24) is 10.2 Å². The van der Waals surface area contributed by atoms with Gasteiger partial charge < -0.3 is 0 Å². The largest absolute Gasteiger partial charge is 0.328 e. The highest BCUT2D eigenvalue weighted by atomic mass is 19.3. The third-order valence-corrected chi connectivity index (χ3v) is 7.66. The Hall–Kier alpha value is -2.87. The van der Waals surface area contributed by atoms with E-state index in [1.165, 1.54) is 17.7 Å². The van der Waals surface area contributed by atoms with Crippen molar-refractivity contribution in [3.8, 4) is 0 Å². The van der Waals surface area contributed by atoms with Crippen LogP contribution in [-0.2, 0) is 6.54 Å². The lowest BCUT2D eigenvalue weighted by atomic mass is 9.81. The molecule has 2 atom stereocenters. The summed E-state index contributed by atoms with van der Waals surface area (Å²) in [7, 11) is 0. The van der Waals surface area contributed by atoms with E-state index in [4.69, 9.17) is 4.99 Å². The van der Waals surface area contributed by atoms with Crippen molar-refractivity contribution in [3.05, 3.63) is 66.0 Å². The zero-order chi connectivity index (χ0) is 24.6. The van der Waals surface area contributed by atoms with Gasteiger partial charge in [-0.1, -0.05) is 36.4 Å². The number of benzene rings is 2. The predicted molar refractivity (Wildman–Crippen MR) is 130 cm³/mol. The van der Waals surface area contributed by atoms with Crippen LogP contribution >= 0.6 is 0 Å². The molecule has 5 nitrogen and oxygen atoms in total. The molecule has 2 saturated heterocycles. The van der Waals surface area contributed by atoms with Crippen molar-refractivity contribution in [2.24, 2.45) is 4.99 Å². The molecule has 0 radical (unpaired) electrons. The topological polar surface area (TPSA) is 47.9 Å². The van der Waals surface area contributed by atoms with Gasteiger partial charge in [0.25, 0.3) is 0 Å². The van der Waals surface area contributed by atoms with Crippen LogP contribution in [-0.4, -0.2) is 46.9 Å². The Kier molecular flexibility index (Phi) is 6.34. The van der Waals surface area contributed by atoms with Crippen LogP contribution in [0.1, 0.15) is 51.0 Å². The Morgan fingerprint density at radius 2 is 1.80 bits per heavy atom. The SMILES string of the molecule is C[C@@H]1C[C@@]2(CCN1Cc1ccccc1)C(=NC1CCC(F)(F)CC1)NC(=O)N2c1cccc(F)c1. The summed E-state index contributed by atoms with van der Waals surface area (Å²) in [5, 5.41) is 2.94. The molecule has 2 aliphatic heterocycles. The van der Waals surface area contributed by atoms with Crippen molar-refractivity contribution < 1.29 is 18.0 Å². The van der Waals surface area contributed by atoms with Gasteiger partial charge in [-0.2, -0.15) is 0 Å². The summed E-state index contributed by atoms with van der Waals surface area (Å²) < 4.78 is 41.6. The van der Waals surface area contributed by atoms with Crippen LogP contribution in [0.15, 0.2) is 59.6 Å². The van der Waals surface area contributed by atoms with Crippen LogP contribution in [0, 0.1) is 5.82 Å². The lowest BCUT2D eigenvalue weighted by Gasteiger charge is -2.47. The van der Waals surface area contributed by atoms with Gasteiger partial charge in [0, 0.05) is 37.7 Å². The number of halogens is 3. The highest BCUT2D eigenvalue weighted by molar-refractivity contribution is 6.19. The molecular weight excluding hydrogens is 453 g/mol. The molecule has 2 amide bonds. The number of hydrogen-bond donors (Lipinski definition) is 1. The normalized spacial score (nSPS) is 28.6. The molecule has 186 valence electrons. The lowest BCUT2D eigenvalue weighted by molar-refractivity contribution is -0.0374. The summed E-state index contributed by atoms with van der Waals surface area (Å²) in [6.07, 6.45) is 1.42. The number of amides is 2. The van der Waals surface area contributed by atoms with E-state index in [0.717, 1.165) is 13.1 Å². The van der Waals surface area contributed by atoms with Crippen molar-refractivity contribution in [1.29, 1.82) is 0 Å². The number of nitrogens with one attached hydrogen (secondary N) is 1. The first kappa shape index (κ1) is 23.9. The number of amidine groups is 1. The molecule has 0 bridgehead atoms. The summed E-state index contributed by atoms with van der Waals surface area (Å²) in [5.74, 6) is -2.52. The molecular formula is C27H31F3N4O. The smallest absolute Gasteiger partial charge is 0.296 e. The molecule has 3 aliphatic rings.